The predicted octanol–water partition coefficient (Wildman–Crippen LogP) is 1.88. The highest BCUT2D eigenvalue weighted by molar-refractivity contribution is 7.12. The highest BCUT2D eigenvalue weighted by Gasteiger charge is 2.17. The van der Waals surface area contributed by atoms with E-state index in [1.165, 1.54) is 11.3 Å². The van der Waals surface area contributed by atoms with Gasteiger partial charge in [-0.3, -0.25) is 19.7 Å². The first-order valence-electron chi connectivity index (χ1n) is 7.02. The van der Waals surface area contributed by atoms with Crippen molar-refractivity contribution in [3.63, 3.8) is 0 Å². The number of hydrogen-bond donors (Lipinski definition) is 2. The van der Waals surface area contributed by atoms with Gasteiger partial charge in [0.15, 0.2) is 12.4 Å². The van der Waals surface area contributed by atoms with Gasteiger partial charge in [0.05, 0.1) is 11.3 Å². The zero-order valence-corrected chi connectivity index (χ0v) is 14.1. The Bertz CT molecular complexity index is 575. The SMILES string of the molecule is CC(C)(C)NC(=O)NC(=O)COC(=O)CCC(=O)c1cccs1. The van der Waals surface area contributed by atoms with Crippen molar-refractivity contribution in [1.82, 2.24) is 10.6 Å². The minimum absolute atomic E-state index is 0.0193. The van der Waals surface area contributed by atoms with Gasteiger partial charge in [0.2, 0.25) is 0 Å². The number of rotatable bonds is 6. The number of ketones is 1. The average molecular weight is 340 g/mol. The van der Waals surface area contributed by atoms with Gasteiger partial charge in [-0.1, -0.05) is 6.07 Å². The molecule has 126 valence electrons. The Morgan fingerprint density at radius 2 is 1.87 bits per heavy atom. The molecule has 0 spiro atoms. The van der Waals surface area contributed by atoms with Gasteiger partial charge in [-0.15, -0.1) is 11.3 Å². The molecule has 1 heterocycles. The number of carbonyl (C=O) groups excluding carboxylic acids is 4. The molecule has 7 nitrogen and oxygen atoms in total. The third-order valence-electron chi connectivity index (χ3n) is 2.46. The highest BCUT2D eigenvalue weighted by atomic mass is 32.1. The van der Waals surface area contributed by atoms with Gasteiger partial charge in [-0.2, -0.15) is 0 Å². The fourth-order valence-electron chi connectivity index (χ4n) is 1.53. The first-order valence-corrected chi connectivity index (χ1v) is 7.89. The predicted molar refractivity (Wildman–Crippen MR) is 85.3 cm³/mol. The molecule has 1 rings (SSSR count). The highest BCUT2D eigenvalue weighted by Crippen LogP contribution is 2.12. The lowest BCUT2D eigenvalue weighted by molar-refractivity contribution is -0.148. The van der Waals surface area contributed by atoms with E-state index in [4.69, 9.17) is 4.74 Å². The summed E-state index contributed by atoms with van der Waals surface area (Å²) in [4.78, 5) is 46.6. The molecule has 0 aliphatic rings. The molecule has 0 radical (unpaired) electrons. The molecule has 0 fully saturated rings. The van der Waals surface area contributed by atoms with E-state index in [9.17, 15) is 19.2 Å². The van der Waals surface area contributed by atoms with E-state index in [1.807, 2.05) is 5.32 Å². The van der Waals surface area contributed by atoms with Crippen LogP contribution in [0.3, 0.4) is 0 Å². The largest absolute Gasteiger partial charge is 0.456 e. The summed E-state index contributed by atoms with van der Waals surface area (Å²) in [7, 11) is 0. The second kappa shape index (κ2) is 8.42. The van der Waals surface area contributed by atoms with Crippen LogP contribution in [0.25, 0.3) is 0 Å². The van der Waals surface area contributed by atoms with Crippen molar-refractivity contribution in [2.75, 3.05) is 6.61 Å². The molecule has 0 aliphatic carbocycles. The normalized spacial score (nSPS) is 10.7. The van der Waals surface area contributed by atoms with E-state index in [2.05, 4.69) is 5.32 Å². The van der Waals surface area contributed by atoms with Crippen molar-refractivity contribution in [2.45, 2.75) is 39.2 Å². The van der Waals surface area contributed by atoms with E-state index in [0.717, 1.165) is 0 Å². The summed E-state index contributed by atoms with van der Waals surface area (Å²) in [5.41, 5.74) is -0.483. The minimum Gasteiger partial charge on any atom is -0.456 e. The van der Waals surface area contributed by atoms with Crippen LogP contribution in [-0.2, 0) is 14.3 Å². The van der Waals surface area contributed by atoms with E-state index >= 15 is 0 Å². The number of esters is 1. The monoisotopic (exact) mass is 340 g/mol. The van der Waals surface area contributed by atoms with Crippen LogP contribution in [0.15, 0.2) is 17.5 Å². The zero-order valence-electron chi connectivity index (χ0n) is 13.3. The molecule has 0 aliphatic heterocycles. The van der Waals surface area contributed by atoms with Crippen LogP contribution >= 0.6 is 11.3 Å². The van der Waals surface area contributed by atoms with Crippen molar-refractivity contribution in [3.05, 3.63) is 22.4 Å². The van der Waals surface area contributed by atoms with Gasteiger partial charge in [-0.25, -0.2) is 4.79 Å². The summed E-state index contributed by atoms with van der Waals surface area (Å²) in [5.74, 6) is -1.54. The average Bonchev–Trinajstić information content (AvgIpc) is 2.94. The summed E-state index contributed by atoms with van der Waals surface area (Å²) >= 11 is 1.30. The third kappa shape index (κ3) is 8.10. The molecule has 0 saturated carbocycles. The number of carbonyl (C=O) groups is 4. The number of imide groups is 1. The van der Waals surface area contributed by atoms with Gasteiger partial charge < -0.3 is 10.1 Å². The van der Waals surface area contributed by atoms with Crippen molar-refractivity contribution >= 4 is 35.0 Å². The van der Waals surface area contributed by atoms with Gasteiger partial charge in [0, 0.05) is 12.0 Å². The molecule has 0 bridgehead atoms. The summed E-state index contributed by atoms with van der Waals surface area (Å²) < 4.78 is 4.72. The Morgan fingerprint density at radius 3 is 2.43 bits per heavy atom. The number of Topliss-reactive ketones (excluding diaryl/α,β-unsaturated/α-hetero) is 1. The summed E-state index contributed by atoms with van der Waals surface area (Å²) in [6.45, 7) is 4.73. The number of nitrogens with one attached hydrogen (secondary N) is 2. The number of urea groups is 1. The molecule has 0 atom stereocenters. The molecule has 1 aromatic rings. The standard InChI is InChI=1S/C15H20N2O5S/c1-15(2,3)17-14(21)16-12(19)9-22-13(20)7-6-10(18)11-5-4-8-23-11/h4-5,8H,6-7,9H2,1-3H3,(H2,16,17,19,21). The molecule has 0 unspecified atom stereocenters. The second-order valence-electron chi connectivity index (χ2n) is 5.81. The van der Waals surface area contributed by atoms with E-state index in [0.29, 0.717) is 4.88 Å². The Hall–Kier alpha value is -2.22. The molecule has 8 heteroatoms. The fourth-order valence-corrected chi connectivity index (χ4v) is 2.22. The molecule has 0 saturated heterocycles. The van der Waals surface area contributed by atoms with Crippen molar-refractivity contribution < 1.29 is 23.9 Å². The Labute approximate surface area is 138 Å². The number of ether oxygens (including phenoxy) is 1. The quantitative estimate of drug-likeness (QED) is 0.608. The van der Waals surface area contributed by atoms with Crippen molar-refractivity contribution in [3.8, 4) is 0 Å². The first-order chi connectivity index (χ1) is 10.7. The van der Waals surface area contributed by atoms with Crippen LogP contribution in [0.5, 0.6) is 0 Å². The molecule has 2 N–H and O–H groups in total. The van der Waals surface area contributed by atoms with E-state index in [1.54, 1.807) is 38.3 Å². The molecule has 0 aromatic carbocycles. The van der Waals surface area contributed by atoms with Gasteiger partial charge in [-0.05, 0) is 32.2 Å². The van der Waals surface area contributed by atoms with Crippen LogP contribution in [0.4, 0.5) is 4.79 Å². The van der Waals surface area contributed by atoms with Crippen LogP contribution in [0.1, 0.15) is 43.3 Å². The lowest BCUT2D eigenvalue weighted by Gasteiger charge is -2.20. The Balaban J connectivity index is 2.24. The topological polar surface area (TPSA) is 102 Å². The van der Waals surface area contributed by atoms with Gasteiger partial charge in [0.1, 0.15) is 0 Å². The Kier molecular flexibility index (Phi) is 6.89. The summed E-state index contributed by atoms with van der Waals surface area (Å²) in [6, 6.07) is 2.77. The van der Waals surface area contributed by atoms with E-state index in [-0.39, 0.29) is 18.6 Å². The lowest BCUT2D eigenvalue weighted by atomic mass is 10.1. The molecule has 23 heavy (non-hydrogen) atoms. The smallest absolute Gasteiger partial charge is 0.321 e. The molecule has 3 amide bonds. The summed E-state index contributed by atoms with van der Waals surface area (Å²) in [5, 5.41) is 6.36. The van der Waals surface area contributed by atoms with Crippen LogP contribution in [-0.4, -0.2) is 35.8 Å². The maximum Gasteiger partial charge on any atom is 0.321 e. The minimum atomic E-state index is -0.732. The maximum absolute atomic E-state index is 11.7. The van der Waals surface area contributed by atoms with E-state index < -0.39 is 30.1 Å². The van der Waals surface area contributed by atoms with Crippen LogP contribution in [0.2, 0.25) is 0 Å². The van der Waals surface area contributed by atoms with Crippen LogP contribution < -0.4 is 10.6 Å². The first kappa shape index (κ1) is 18.8. The fraction of sp³-hybridized carbons (Fsp3) is 0.467. The number of amides is 3. The number of hydrogen-bond acceptors (Lipinski definition) is 6. The zero-order chi connectivity index (χ0) is 17.5. The maximum atomic E-state index is 11.7. The summed E-state index contributed by atoms with van der Waals surface area (Å²) in [6.07, 6.45) is -0.0936. The van der Waals surface area contributed by atoms with Crippen molar-refractivity contribution in [1.29, 1.82) is 0 Å². The Morgan fingerprint density at radius 1 is 1.17 bits per heavy atom. The second-order valence-corrected chi connectivity index (χ2v) is 6.76. The molecular formula is C15H20N2O5S. The van der Waals surface area contributed by atoms with Crippen molar-refractivity contribution in [2.24, 2.45) is 0 Å². The third-order valence-corrected chi connectivity index (χ3v) is 3.37. The lowest BCUT2D eigenvalue weighted by Crippen LogP contribution is -2.49. The van der Waals surface area contributed by atoms with Gasteiger partial charge in [0.25, 0.3) is 5.91 Å². The molecule has 1 aromatic heterocycles. The van der Waals surface area contributed by atoms with Crippen LogP contribution in [0, 0.1) is 0 Å². The molecular weight excluding hydrogens is 320 g/mol. The van der Waals surface area contributed by atoms with Gasteiger partial charge >= 0.3 is 12.0 Å². The number of thiophene rings is 1.